The molecule has 0 fully saturated rings. The van der Waals surface area contributed by atoms with Crippen molar-refractivity contribution in [3.63, 3.8) is 0 Å². The average Bonchev–Trinajstić information content (AvgIpc) is 2.27. The van der Waals surface area contributed by atoms with Gasteiger partial charge in [-0.3, -0.25) is 0 Å². The van der Waals surface area contributed by atoms with Crippen LogP contribution in [0.5, 0.6) is 0 Å². The molecule has 0 spiro atoms. The highest BCUT2D eigenvalue weighted by molar-refractivity contribution is 5.85. The number of nitrogens with two attached hydrogens (primary N) is 1. The molecule has 104 valence electrons. The Kier molecular flexibility index (Phi) is 5.72. The maximum absolute atomic E-state index is 13.2. The number of alkyl halides is 2. The minimum absolute atomic E-state index is 0. The van der Waals surface area contributed by atoms with Crippen molar-refractivity contribution in [2.24, 2.45) is 5.73 Å². The molecular weight excluding hydrogens is 260 g/mol. The van der Waals surface area contributed by atoms with Crippen molar-refractivity contribution < 1.29 is 13.9 Å². The molecule has 1 aromatic rings. The standard InChI is InChI=1S/C13H19F2NO.ClH/c1-12(2,3)10-6-4-9(5-7-10)11(16)13(14,15)8-17;/h4-7,11,17H,8,16H2,1-3H3;1H/t11-;/m1./s1. The van der Waals surface area contributed by atoms with Gasteiger partial charge in [0.05, 0.1) is 6.04 Å². The predicted octanol–water partition coefficient (Wildman–Crippen LogP) is 3.03. The normalized spacial score (nSPS) is 13.9. The van der Waals surface area contributed by atoms with Crippen LogP contribution >= 0.6 is 12.4 Å². The first-order valence-electron chi connectivity index (χ1n) is 5.53. The Hall–Kier alpha value is -0.710. The number of rotatable bonds is 3. The van der Waals surface area contributed by atoms with Crippen LogP contribution in [-0.4, -0.2) is 17.6 Å². The van der Waals surface area contributed by atoms with Gasteiger partial charge in [-0.15, -0.1) is 12.4 Å². The van der Waals surface area contributed by atoms with Crippen LogP contribution in [0.15, 0.2) is 24.3 Å². The van der Waals surface area contributed by atoms with Crippen LogP contribution in [-0.2, 0) is 5.41 Å². The topological polar surface area (TPSA) is 46.2 Å². The second-order valence-corrected chi connectivity index (χ2v) is 5.27. The summed E-state index contributed by atoms with van der Waals surface area (Å²) in [7, 11) is 0. The van der Waals surface area contributed by atoms with Gasteiger partial charge in [-0.25, -0.2) is 8.78 Å². The summed E-state index contributed by atoms with van der Waals surface area (Å²) in [4.78, 5) is 0. The zero-order valence-electron chi connectivity index (χ0n) is 10.8. The van der Waals surface area contributed by atoms with Crippen molar-refractivity contribution in [1.82, 2.24) is 0 Å². The van der Waals surface area contributed by atoms with Gasteiger partial charge in [-0.2, -0.15) is 0 Å². The molecule has 0 aliphatic rings. The predicted molar refractivity (Wildman–Crippen MR) is 71.4 cm³/mol. The summed E-state index contributed by atoms with van der Waals surface area (Å²) in [5.74, 6) is -3.29. The molecule has 18 heavy (non-hydrogen) atoms. The minimum Gasteiger partial charge on any atom is -0.390 e. The van der Waals surface area contributed by atoms with E-state index in [1.165, 1.54) is 0 Å². The molecule has 0 saturated carbocycles. The zero-order chi connectivity index (χ0) is 13.3. The van der Waals surface area contributed by atoms with Gasteiger partial charge in [-0.05, 0) is 16.5 Å². The molecule has 5 heteroatoms. The zero-order valence-corrected chi connectivity index (χ0v) is 11.6. The number of aliphatic hydroxyl groups is 1. The molecule has 1 rings (SSSR count). The molecule has 3 N–H and O–H groups in total. The summed E-state index contributed by atoms with van der Waals surface area (Å²) >= 11 is 0. The van der Waals surface area contributed by atoms with Crippen molar-refractivity contribution in [2.75, 3.05) is 6.61 Å². The maximum atomic E-state index is 13.2. The van der Waals surface area contributed by atoms with Gasteiger partial charge in [0.15, 0.2) is 0 Å². The molecule has 0 aliphatic carbocycles. The Morgan fingerprint density at radius 1 is 1.17 bits per heavy atom. The third-order valence-corrected chi connectivity index (χ3v) is 2.80. The quantitative estimate of drug-likeness (QED) is 0.893. The largest absolute Gasteiger partial charge is 0.390 e. The Bertz CT molecular complexity index is 374. The molecule has 0 aliphatic heterocycles. The second kappa shape index (κ2) is 5.95. The molecule has 0 amide bonds. The van der Waals surface area contributed by atoms with Crippen molar-refractivity contribution in [1.29, 1.82) is 0 Å². The maximum Gasteiger partial charge on any atom is 0.289 e. The Labute approximate surface area is 113 Å². The number of benzene rings is 1. The molecular formula is C13H20ClF2NO. The van der Waals surface area contributed by atoms with Gasteiger partial charge in [0.1, 0.15) is 6.61 Å². The summed E-state index contributed by atoms with van der Waals surface area (Å²) < 4.78 is 26.4. The Morgan fingerprint density at radius 2 is 1.61 bits per heavy atom. The van der Waals surface area contributed by atoms with Crippen molar-refractivity contribution in [3.8, 4) is 0 Å². The summed E-state index contributed by atoms with van der Waals surface area (Å²) in [6, 6.07) is 5.30. The van der Waals surface area contributed by atoms with Crippen molar-refractivity contribution in [3.05, 3.63) is 35.4 Å². The lowest BCUT2D eigenvalue weighted by Gasteiger charge is -2.23. The van der Waals surface area contributed by atoms with E-state index in [0.717, 1.165) is 5.56 Å². The van der Waals surface area contributed by atoms with E-state index in [1.807, 2.05) is 20.8 Å². The van der Waals surface area contributed by atoms with Gasteiger partial charge >= 0.3 is 0 Å². The third kappa shape index (κ3) is 3.90. The monoisotopic (exact) mass is 279 g/mol. The lowest BCUT2D eigenvalue weighted by molar-refractivity contribution is -0.0711. The molecule has 2 nitrogen and oxygen atoms in total. The molecule has 1 aromatic carbocycles. The summed E-state index contributed by atoms with van der Waals surface area (Å²) in [5.41, 5.74) is 6.79. The van der Waals surface area contributed by atoms with E-state index in [1.54, 1.807) is 24.3 Å². The lowest BCUT2D eigenvalue weighted by Crippen LogP contribution is -2.36. The molecule has 1 atom stereocenters. The highest BCUT2D eigenvalue weighted by atomic mass is 35.5. The Morgan fingerprint density at radius 3 is 1.94 bits per heavy atom. The molecule has 0 bridgehead atoms. The molecule has 0 radical (unpaired) electrons. The van der Waals surface area contributed by atoms with Crippen molar-refractivity contribution in [2.45, 2.75) is 38.2 Å². The fraction of sp³-hybridized carbons (Fsp3) is 0.538. The van der Waals surface area contributed by atoms with Crippen molar-refractivity contribution >= 4 is 12.4 Å². The highest BCUT2D eigenvalue weighted by Gasteiger charge is 2.37. The first-order chi connectivity index (χ1) is 7.68. The van der Waals surface area contributed by atoms with Crippen LogP contribution in [0.2, 0.25) is 0 Å². The van der Waals surface area contributed by atoms with E-state index in [2.05, 4.69) is 0 Å². The van der Waals surface area contributed by atoms with E-state index in [-0.39, 0.29) is 17.8 Å². The van der Waals surface area contributed by atoms with E-state index in [9.17, 15) is 8.78 Å². The van der Waals surface area contributed by atoms with Crippen LogP contribution < -0.4 is 5.73 Å². The first kappa shape index (κ1) is 17.3. The second-order valence-electron chi connectivity index (χ2n) is 5.27. The third-order valence-electron chi connectivity index (χ3n) is 2.80. The molecule has 0 aromatic heterocycles. The number of hydrogen-bond donors (Lipinski definition) is 2. The molecule has 0 heterocycles. The van der Waals surface area contributed by atoms with Gasteiger partial charge in [0.2, 0.25) is 0 Å². The van der Waals surface area contributed by atoms with Crippen LogP contribution in [0.4, 0.5) is 8.78 Å². The number of hydrogen-bond acceptors (Lipinski definition) is 2. The van der Waals surface area contributed by atoms with Crippen LogP contribution in [0.3, 0.4) is 0 Å². The van der Waals surface area contributed by atoms with Crippen LogP contribution in [0, 0.1) is 0 Å². The summed E-state index contributed by atoms with van der Waals surface area (Å²) in [6.45, 7) is 4.90. The van der Waals surface area contributed by atoms with Gasteiger partial charge in [-0.1, -0.05) is 45.0 Å². The van der Waals surface area contributed by atoms with E-state index in [0.29, 0.717) is 5.56 Å². The number of halogens is 3. The van der Waals surface area contributed by atoms with E-state index >= 15 is 0 Å². The van der Waals surface area contributed by atoms with Crippen LogP contribution in [0.25, 0.3) is 0 Å². The lowest BCUT2D eigenvalue weighted by atomic mass is 9.86. The Balaban J connectivity index is 0.00000289. The SMILES string of the molecule is CC(C)(C)c1ccc([C@@H](N)C(F)(F)CO)cc1.Cl. The summed E-state index contributed by atoms with van der Waals surface area (Å²) in [6.07, 6.45) is 0. The molecule has 0 saturated heterocycles. The number of aliphatic hydroxyl groups excluding tert-OH is 1. The highest BCUT2D eigenvalue weighted by Crippen LogP contribution is 2.30. The van der Waals surface area contributed by atoms with Gasteiger partial charge < -0.3 is 10.8 Å². The summed E-state index contributed by atoms with van der Waals surface area (Å²) in [5, 5.41) is 8.58. The van der Waals surface area contributed by atoms with Crippen LogP contribution in [0.1, 0.15) is 37.9 Å². The fourth-order valence-electron chi connectivity index (χ4n) is 1.53. The van der Waals surface area contributed by atoms with Gasteiger partial charge in [0, 0.05) is 0 Å². The average molecular weight is 280 g/mol. The van der Waals surface area contributed by atoms with Gasteiger partial charge in [0.25, 0.3) is 5.92 Å². The molecule has 0 unspecified atom stereocenters. The first-order valence-corrected chi connectivity index (χ1v) is 5.53. The fourth-order valence-corrected chi connectivity index (χ4v) is 1.53. The van der Waals surface area contributed by atoms with E-state index in [4.69, 9.17) is 10.8 Å². The smallest absolute Gasteiger partial charge is 0.289 e. The minimum atomic E-state index is -3.29. The van der Waals surface area contributed by atoms with E-state index < -0.39 is 18.6 Å².